The summed E-state index contributed by atoms with van der Waals surface area (Å²) >= 11 is 0. The summed E-state index contributed by atoms with van der Waals surface area (Å²) in [4.78, 5) is 0. The fourth-order valence-corrected chi connectivity index (χ4v) is 1.14. The lowest BCUT2D eigenvalue weighted by molar-refractivity contribution is 0.131. The average Bonchev–Trinajstić information content (AvgIpc) is 2.06. The van der Waals surface area contributed by atoms with Crippen molar-refractivity contribution in [3.8, 4) is 11.8 Å². The molecule has 0 bridgehead atoms. The highest BCUT2D eigenvalue weighted by molar-refractivity contribution is 5.42. The molecule has 0 aliphatic rings. The van der Waals surface area contributed by atoms with Crippen LogP contribution in [0.15, 0.2) is 18.2 Å². The Morgan fingerprint density at radius 1 is 1.29 bits per heavy atom. The number of benzene rings is 1. The first-order chi connectivity index (χ1) is 6.42. The second-order valence-electron chi connectivity index (χ2n) is 4.30. The predicted molar refractivity (Wildman–Crippen MR) is 56.3 cm³/mol. The first-order valence-corrected chi connectivity index (χ1v) is 4.62. The van der Waals surface area contributed by atoms with Gasteiger partial charge in [-0.3, -0.25) is 0 Å². The van der Waals surface area contributed by atoms with E-state index >= 15 is 0 Å². The number of nitriles is 1. The van der Waals surface area contributed by atoms with Crippen molar-refractivity contribution >= 4 is 0 Å². The van der Waals surface area contributed by atoms with E-state index in [0.717, 1.165) is 11.3 Å². The zero-order chi connectivity index (χ0) is 10.8. The zero-order valence-corrected chi connectivity index (χ0v) is 9.09. The quantitative estimate of drug-likeness (QED) is 0.680. The molecule has 14 heavy (non-hydrogen) atoms. The summed E-state index contributed by atoms with van der Waals surface area (Å²) in [5, 5.41) is 8.84. The number of rotatable bonds is 1. The minimum Gasteiger partial charge on any atom is -0.488 e. The van der Waals surface area contributed by atoms with Crippen LogP contribution in [0.2, 0.25) is 0 Å². The van der Waals surface area contributed by atoms with Gasteiger partial charge in [0.1, 0.15) is 11.4 Å². The second-order valence-corrected chi connectivity index (χ2v) is 4.30. The largest absolute Gasteiger partial charge is 0.488 e. The van der Waals surface area contributed by atoms with Crippen LogP contribution in [0.3, 0.4) is 0 Å². The summed E-state index contributed by atoms with van der Waals surface area (Å²) in [6.45, 7) is 7.87. The Morgan fingerprint density at radius 3 is 2.43 bits per heavy atom. The molecule has 0 spiro atoms. The Labute approximate surface area is 85.1 Å². The van der Waals surface area contributed by atoms with Gasteiger partial charge in [-0.05, 0) is 45.4 Å². The Morgan fingerprint density at radius 2 is 1.93 bits per heavy atom. The fourth-order valence-electron chi connectivity index (χ4n) is 1.14. The Kier molecular flexibility index (Phi) is 2.81. The van der Waals surface area contributed by atoms with Gasteiger partial charge < -0.3 is 4.74 Å². The first kappa shape index (κ1) is 10.6. The van der Waals surface area contributed by atoms with Gasteiger partial charge in [0.25, 0.3) is 0 Å². The molecule has 0 saturated heterocycles. The summed E-state index contributed by atoms with van der Waals surface area (Å²) < 4.78 is 5.65. The molecule has 0 aromatic heterocycles. The van der Waals surface area contributed by atoms with E-state index in [1.54, 1.807) is 6.07 Å². The normalized spacial score (nSPS) is 10.8. The SMILES string of the molecule is Cc1ccc(OC(C)(C)C)cc1C#N. The molecule has 2 heteroatoms. The maximum absolute atomic E-state index is 8.84. The minimum absolute atomic E-state index is 0.220. The minimum atomic E-state index is -0.220. The van der Waals surface area contributed by atoms with Crippen molar-refractivity contribution in [3.05, 3.63) is 29.3 Å². The van der Waals surface area contributed by atoms with E-state index in [0.29, 0.717) is 5.56 Å². The lowest BCUT2D eigenvalue weighted by Gasteiger charge is -2.21. The van der Waals surface area contributed by atoms with Crippen LogP contribution in [0.5, 0.6) is 5.75 Å². The molecule has 0 atom stereocenters. The zero-order valence-electron chi connectivity index (χ0n) is 9.09. The summed E-state index contributed by atoms with van der Waals surface area (Å²) in [5.74, 6) is 0.750. The van der Waals surface area contributed by atoms with Crippen molar-refractivity contribution in [3.63, 3.8) is 0 Å². The molecule has 0 fully saturated rings. The standard InChI is InChI=1S/C12H15NO/c1-9-5-6-11(7-10(9)8-13)14-12(2,3)4/h5-7H,1-4H3. The van der Waals surface area contributed by atoms with Gasteiger partial charge in [-0.15, -0.1) is 0 Å². The van der Waals surface area contributed by atoms with Gasteiger partial charge in [0.2, 0.25) is 0 Å². The molecule has 0 unspecified atom stereocenters. The third-order valence-electron chi connectivity index (χ3n) is 1.75. The van der Waals surface area contributed by atoms with Gasteiger partial charge in [0.15, 0.2) is 0 Å². The summed E-state index contributed by atoms with van der Waals surface area (Å²) in [6.07, 6.45) is 0. The van der Waals surface area contributed by atoms with Crippen molar-refractivity contribution in [2.75, 3.05) is 0 Å². The smallest absolute Gasteiger partial charge is 0.121 e. The van der Waals surface area contributed by atoms with Crippen molar-refractivity contribution in [2.45, 2.75) is 33.3 Å². The third-order valence-corrected chi connectivity index (χ3v) is 1.75. The van der Waals surface area contributed by atoms with E-state index in [1.807, 2.05) is 39.8 Å². The van der Waals surface area contributed by atoms with Crippen LogP contribution in [-0.4, -0.2) is 5.60 Å². The molecule has 1 aromatic carbocycles. The van der Waals surface area contributed by atoms with Gasteiger partial charge in [-0.1, -0.05) is 6.07 Å². The summed E-state index contributed by atoms with van der Waals surface area (Å²) in [6, 6.07) is 7.71. The molecule has 0 saturated carbocycles. The summed E-state index contributed by atoms with van der Waals surface area (Å²) in [5.41, 5.74) is 1.43. The van der Waals surface area contributed by atoms with Crippen molar-refractivity contribution in [2.24, 2.45) is 0 Å². The highest BCUT2D eigenvalue weighted by atomic mass is 16.5. The molecular weight excluding hydrogens is 174 g/mol. The molecule has 0 heterocycles. The van der Waals surface area contributed by atoms with E-state index in [2.05, 4.69) is 6.07 Å². The van der Waals surface area contributed by atoms with Crippen molar-refractivity contribution < 1.29 is 4.74 Å². The monoisotopic (exact) mass is 189 g/mol. The highest BCUT2D eigenvalue weighted by Gasteiger charge is 2.12. The molecule has 0 aliphatic carbocycles. The third kappa shape index (κ3) is 2.77. The van der Waals surface area contributed by atoms with Gasteiger partial charge >= 0.3 is 0 Å². The van der Waals surface area contributed by atoms with Crippen LogP contribution < -0.4 is 4.74 Å². The Hall–Kier alpha value is -1.49. The lowest BCUT2D eigenvalue weighted by atomic mass is 10.1. The Balaban J connectivity index is 2.97. The molecule has 1 aromatic rings. The molecular formula is C12H15NO. The van der Waals surface area contributed by atoms with Gasteiger partial charge in [-0.2, -0.15) is 5.26 Å². The van der Waals surface area contributed by atoms with Crippen LogP contribution in [0.4, 0.5) is 0 Å². The first-order valence-electron chi connectivity index (χ1n) is 4.62. The van der Waals surface area contributed by atoms with Gasteiger partial charge in [0, 0.05) is 0 Å². The molecule has 0 radical (unpaired) electrons. The van der Waals surface area contributed by atoms with E-state index < -0.39 is 0 Å². The highest BCUT2D eigenvalue weighted by Crippen LogP contribution is 2.21. The number of nitrogens with zero attached hydrogens (tertiary/aromatic N) is 1. The Bertz CT molecular complexity index is 369. The number of aryl methyl sites for hydroxylation is 1. The van der Waals surface area contributed by atoms with Crippen LogP contribution in [0, 0.1) is 18.3 Å². The van der Waals surface area contributed by atoms with Crippen LogP contribution >= 0.6 is 0 Å². The fraction of sp³-hybridized carbons (Fsp3) is 0.417. The van der Waals surface area contributed by atoms with Gasteiger partial charge in [0.05, 0.1) is 11.6 Å². The second kappa shape index (κ2) is 3.71. The topological polar surface area (TPSA) is 33.0 Å². The lowest BCUT2D eigenvalue weighted by Crippen LogP contribution is -2.22. The average molecular weight is 189 g/mol. The number of hydrogen-bond acceptors (Lipinski definition) is 2. The molecule has 74 valence electrons. The van der Waals surface area contributed by atoms with E-state index in [1.165, 1.54) is 0 Å². The molecule has 0 N–H and O–H groups in total. The number of ether oxygens (including phenoxy) is 1. The van der Waals surface area contributed by atoms with Crippen LogP contribution in [0.1, 0.15) is 31.9 Å². The van der Waals surface area contributed by atoms with Gasteiger partial charge in [-0.25, -0.2) is 0 Å². The maximum atomic E-state index is 8.84. The van der Waals surface area contributed by atoms with E-state index in [4.69, 9.17) is 10.00 Å². The molecule has 0 amide bonds. The molecule has 2 nitrogen and oxygen atoms in total. The molecule has 1 rings (SSSR count). The summed E-state index contributed by atoms with van der Waals surface area (Å²) in [7, 11) is 0. The number of hydrogen-bond donors (Lipinski definition) is 0. The van der Waals surface area contributed by atoms with Crippen LogP contribution in [-0.2, 0) is 0 Å². The van der Waals surface area contributed by atoms with Crippen molar-refractivity contribution in [1.29, 1.82) is 5.26 Å². The van der Waals surface area contributed by atoms with E-state index in [-0.39, 0.29) is 5.60 Å². The predicted octanol–water partition coefficient (Wildman–Crippen LogP) is 3.04. The van der Waals surface area contributed by atoms with E-state index in [9.17, 15) is 0 Å². The van der Waals surface area contributed by atoms with Crippen LogP contribution in [0.25, 0.3) is 0 Å². The molecule has 0 aliphatic heterocycles. The van der Waals surface area contributed by atoms with Crippen molar-refractivity contribution in [1.82, 2.24) is 0 Å². The maximum Gasteiger partial charge on any atom is 0.121 e.